The number of unbranched alkanes of at least 4 members (excludes halogenated alkanes) is 1. The van der Waals surface area contributed by atoms with Gasteiger partial charge in [0.25, 0.3) is 0 Å². The van der Waals surface area contributed by atoms with Crippen LogP contribution in [0, 0.1) is 0 Å². The van der Waals surface area contributed by atoms with E-state index in [1.54, 1.807) is 30.5 Å². The number of sulfonamides is 1. The maximum atomic E-state index is 13.3. The molecule has 0 bridgehead atoms. The first-order valence-electron chi connectivity index (χ1n) is 10.6. The first kappa shape index (κ1) is 24.5. The molecule has 0 N–H and O–H groups in total. The summed E-state index contributed by atoms with van der Waals surface area (Å²) in [4.78, 5) is 15.2. The number of hydrogen-bond acceptors (Lipinski definition) is 7. The van der Waals surface area contributed by atoms with E-state index in [2.05, 4.69) is 12.0 Å². The fourth-order valence-electron chi connectivity index (χ4n) is 3.39. The van der Waals surface area contributed by atoms with E-state index in [9.17, 15) is 13.2 Å². The SMILES string of the molecule is CCCCOCCOc1c(N2CCN(S(C)(=O)=O)CC2)cnn(-c2cccc(Cl)c2)c1=O. The van der Waals surface area contributed by atoms with Crippen molar-refractivity contribution in [2.45, 2.75) is 19.8 Å². The van der Waals surface area contributed by atoms with Gasteiger partial charge in [-0.25, -0.2) is 8.42 Å². The highest BCUT2D eigenvalue weighted by molar-refractivity contribution is 7.88. The van der Waals surface area contributed by atoms with Crippen LogP contribution in [0.5, 0.6) is 5.75 Å². The lowest BCUT2D eigenvalue weighted by Gasteiger charge is -2.35. The van der Waals surface area contributed by atoms with Crippen molar-refractivity contribution in [3.05, 3.63) is 45.8 Å². The Morgan fingerprint density at radius 3 is 2.53 bits per heavy atom. The van der Waals surface area contributed by atoms with E-state index in [4.69, 9.17) is 21.1 Å². The van der Waals surface area contributed by atoms with Gasteiger partial charge in [-0.05, 0) is 24.6 Å². The summed E-state index contributed by atoms with van der Waals surface area (Å²) in [6.07, 6.45) is 4.78. The van der Waals surface area contributed by atoms with Crippen LogP contribution >= 0.6 is 11.6 Å². The van der Waals surface area contributed by atoms with E-state index in [-0.39, 0.29) is 12.4 Å². The molecule has 0 radical (unpaired) electrons. The van der Waals surface area contributed by atoms with Gasteiger partial charge in [-0.2, -0.15) is 14.1 Å². The van der Waals surface area contributed by atoms with Crippen molar-refractivity contribution in [2.24, 2.45) is 0 Å². The lowest BCUT2D eigenvalue weighted by molar-refractivity contribution is 0.0974. The minimum absolute atomic E-state index is 0.159. The van der Waals surface area contributed by atoms with Gasteiger partial charge < -0.3 is 14.4 Å². The van der Waals surface area contributed by atoms with Gasteiger partial charge >= 0.3 is 5.56 Å². The molecule has 0 amide bonds. The van der Waals surface area contributed by atoms with Crippen LogP contribution in [0.2, 0.25) is 5.02 Å². The highest BCUT2D eigenvalue weighted by Crippen LogP contribution is 2.26. The van der Waals surface area contributed by atoms with Crippen molar-refractivity contribution in [1.29, 1.82) is 0 Å². The quantitative estimate of drug-likeness (QED) is 0.477. The number of aromatic nitrogens is 2. The van der Waals surface area contributed by atoms with Gasteiger partial charge in [0, 0.05) is 37.8 Å². The van der Waals surface area contributed by atoms with E-state index in [0.717, 1.165) is 12.8 Å². The Bertz CT molecular complexity index is 1070. The molecule has 11 heteroatoms. The summed E-state index contributed by atoms with van der Waals surface area (Å²) in [6, 6.07) is 6.85. The number of anilines is 1. The highest BCUT2D eigenvalue weighted by Gasteiger charge is 2.27. The number of rotatable bonds is 10. The summed E-state index contributed by atoms with van der Waals surface area (Å²) in [5.74, 6) is 0.159. The van der Waals surface area contributed by atoms with Crippen molar-refractivity contribution < 1.29 is 17.9 Å². The first-order chi connectivity index (χ1) is 15.3. The Hall–Kier alpha value is -2.14. The highest BCUT2D eigenvalue weighted by atomic mass is 35.5. The summed E-state index contributed by atoms with van der Waals surface area (Å²) < 4.78 is 37.7. The molecule has 0 unspecified atom stereocenters. The summed E-state index contributed by atoms with van der Waals surface area (Å²) in [6.45, 7) is 4.83. The van der Waals surface area contributed by atoms with Crippen molar-refractivity contribution >= 4 is 27.3 Å². The Morgan fingerprint density at radius 2 is 1.88 bits per heavy atom. The van der Waals surface area contributed by atoms with E-state index < -0.39 is 15.6 Å². The molecular formula is C21H29ClN4O5S. The van der Waals surface area contributed by atoms with Crippen LogP contribution in [0.25, 0.3) is 5.69 Å². The molecule has 9 nitrogen and oxygen atoms in total. The molecule has 3 rings (SSSR count). The molecule has 1 aromatic heterocycles. The van der Waals surface area contributed by atoms with Crippen LogP contribution in [-0.2, 0) is 14.8 Å². The smallest absolute Gasteiger partial charge is 0.316 e. The van der Waals surface area contributed by atoms with Gasteiger partial charge in [0.15, 0.2) is 0 Å². The van der Waals surface area contributed by atoms with Gasteiger partial charge in [0.1, 0.15) is 12.3 Å². The van der Waals surface area contributed by atoms with Crippen LogP contribution in [0.1, 0.15) is 19.8 Å². The average Bonchev–Trinajstić information content (AvgIpc) is 2.76. The first-order valence-corrected chi connectivity index (χ1v) is 12.8. The molecule has 1 saturated heterocycles. The van der Waals surface area contributed by atoms with Gasteiger partial charge in [0.05, 0.1) is 24.7 Å². The monoisotopic (exact) mass is 484 g/mol. The molecular weight excluding hydrogens is 456 g/mol. The summed E-state index contributed by atoms with van der Waals surface area (Å²) in [5.41, 5.74) is 0.652. The number of nitrogens with zero attached hydrogens (tertiary/aromatic N) is 4. The van der Waals surface area contributed by atoms with Gasteiger partial charge in [-0.1, -0.05) is 31.0 Å². The fraction of sp³-hybridized carbons (Fsp3) is 0.524. The predicted octanol–water partition coefficient (Wildman–Crippen LogP) is 2.16. The lowest BCUT2D eigenvalue weighted by Crippen LogP contribution is -2.48. The summed E-state index contributed by atoms with van der Waals surface area (Å²) in [7, 11) is -3.26. The number of halogens is 1. The maximum absolute atomic E-state index is 13.3. The Balaban J connectivity index is 1.85. The van der Waals surface area contributed by atoms with E-state index in [0.29, 0.717) is 55.8 Å². The van der Waals surface area contributed by atoms with E-state index >= 15 is 0 Å². The molecule has 32 heavy (non-hydrogen) atoms. The van der Waals surface area contributed by atoms with Gasteiger partial charge in [0.2, 0.25) is 15.8 Å². The molecule has 1 fully saturated rings. The summed E-state index contributed by atoms with van der Waals surface area (Å²) >= 11 is 6.08. The Morgan fingerprint density at radius 1 is 1.12 bits per heavy atom. The standard InChI is InChI=1S/C21H29ClN4O5S/c1-3-4-12-30-13-14-31-20-19(24-8-10-25(11-9-24)32(2,28)29)16-23-26(21(20)27)18-7-5-6-17(22)15-18/h5-7,15-16H,3-4,8-14H2,1-2H3. The van der Waals surface area contributed by atoms with E-state index in [1.807, 2.05) is 4.90 Å². The third-order valence-corrected chi connectivity index (χ3v) is 6.67. The van der Waals surface area contributed by atoms with Crippen LogP contribution in [-0.4, -0.2) is 74.8 Å². The third-order valence-electron chi connectivity index (χ3n) is 5.13. The average molecular weight is 485 g/mol. The number of ether oxygens (including phenoxy) is 2. The molecule has 0 aliphatic carbocycles. The van der Waals surface area contributed by atoms with Crippen LogP contribution < -0.4 is 15.2 Å². The second-order valence-corrected chi connectivity index (χ2v) is 9.94. The van der Waals surface area contributed by atoms with Gasteiger partial charge in [-0.3, -0.25) is 4.79 Å². The molecule has 0 saturated carbocycles. The Kier molecular flexibility index (Phi) is 8.52. The maximum Gasteiger partial charge on any atom is 0.316 e. The van der Waals surface area contributed by atoms with Crippen LogP contribution in [0.15, 0.2) is 35.3 Å². The molecule has 2 aromatic rings. The largest absolute Gasteiger partial charge is 0.484 e. The third kappa shape index (κ3) is 6.22. The molecule has 1 aliphatic heterocycles. The molecule has 1 aromatic carbocycles. The summed E-state index contributed by atoms with van der Waals surface area (Å²) in [5, 5.41) is 4.81. The van der Waals surface area contributed by atoms with Gasteiger partial charge in [-0.15, -0.1) is 0 Å². The molecule has 1 aliphatic rings. The van der Waals surface area contributed by atoms with Crippen LogP contribution in [0.3, 0.4) is 0 Å². The number of piperazine rings is 1. The molecule has 2 heterocycles. The fourth-order valence-corrected chi connectivity index (χ4v) is 4.40. The van der Waals surface area contributed by atoms with Crippen LogP contribution in [0.4, 0.5) is 5.69 Å². The minimum atomic E-state index is -3.26. The van der Waals surface area contributed by atoms with Crippen molar-refractivity contribution in [1.82, 2.24) is 14.1 Å². The zero-order valence-electron chi connectivity index (χ0n) is 18.4. The normalized spacial score (nSPS) is 15.2. The zero-order valence-corrected chi connectivity index (χ0v) is 19.9. The van der Waals surface area contributed by atoms with Crippen molar-refractivity contribution in [3.8, 4) is 11.4 Å². The molecule has 176 valence electrons. The van der Waals surface area contributed by atoms with E-state index in [1.165, 1.54) is 15.2 Å². The minimum Gasteiger partial charge on any atom is -0.484 e. The number of benzene rings is 1. The molecule has 0 atom stereocenters. The predicted molar refractivity (Wildman–Crippen MR) is 125 cm³/mol. The number of hydrogen-bond donors (Lipinski definition) is 0. The topological polar surface area (TPSA) is 94.0 Å². The van der Waals surface area contributed by atoms with Crippen molar-refractivity contribution in [3.63, 3.8) is 0 Å². The zero-order chi connectivity index (χ0) is 23.1. The second kappa shape index (κ2) is 11.1. The van der Waals surface area contributed by atoms with Crippen molar-refractivity contribution in [2.75, 3.05) is 57.2 Å². The Labute approximate surface area is 193 Å². The lowest BCUT2D eigenvalue weighted by atomic mass is 10.3. The molecule has 0 spiro atoms. The second-order valence-electron chi connectivity index (χ2n) is 7.52.